The predicted molar refractivity (Wildman–Crippen MR) is 87.4 cm³/mol. The molecule has 2 aromatic carbocycles. The molecule has 2 aromatic rings. The van der Waals surface area contributed by atoms with E-state index in [0.717, 1.165) is 11.1 Å². The molecule has 0 bridgehead atoms. The van der Waals surface area contributed by atoms with Crippen molar-refractivity contribution < 1.29 is 4.39 Å². The van der Waals surface area contributed by atoms with E-state index in [1.54, 1.807) is 6.07 Å². The van der Waals surface area contributed by atoms with Gasteiger partial charge >= 0.3 is 0 Å². The Morgan fingerprint density at radius 1 is 1.24 bits per heavy atom. The fourth-order valence-electron chi connectivity index (χ4n) is 2.38. The van der Waals surface area contributed by atoms with E-state index in [9.17, 15) is 4.39 Å². The molecule has 0 fully saturated rings. The van der Waals surface area contributed by atoms with Crippen molar-refractivity contribution >= 4 is 17.3 Å². The van der Waals surface area contributed by atoms with Gasteiger partial charge in [0.25, 0.3) is 0 Å². The Morgan fingerprint density at radius 3 is 2.57 bits per heavy atom. The summed E-state index contributed by atoms with van der Waals surface area (Å²) in [5, 5.41) is 3.72. The fourth-order valence-corrected chi connectivity index (χ4v) is 2.68. The van der Waals surface area contributed by atoms with Gasteiger partial charge in [0.1, 0.15) is 5.82 Å². The van der Waals surface area contributed by atoms with Crippen LogP contribution in [-0.2, 0) is 6.54 Å². The van der Waals surface area contributed by atoms with Crippen molar-refractivity contribution in [3.63, 3.8) is 0 Å². The van der Waals surface area contributed by atoms with Gasteiger partial charge in [-0.25, -0.2) is 4.39 Å². The lowest BCUT2D eigenvalue weighted by atomic mass is 10.1. The van der Waals surface area contributed by atoms with Gasteiger partial charge in [0.15, 0.2) is 0 Å². The molecule has 0 radical (unpaired) electrons. The number of rotatable bonds is 5. The van der Waals surface area contributed by atoms with Crippen molar-refractivity contribution in [3.8, 4) is 0 Å². The summed E-state index contributed by atoms with van der Waals surface area (Å²) in [6.07, 6.45) is 0. The van der Waals surface area contributed by atoms with Crippen LogP contribution in [0.25, 0.3) is 0 Å². The maximum absolute atomic E-state index is 14.3. The van der Waals surface area contributed by atoms with Gasteiger partial charge < -0.3 is 10.2 Å². The molecule has 2 rings (SSSR count). The summed E-state index contributed by atoms with van der Waals surface area (Å²) in [5.41, 5.74) is 2.49. The highest BCUT2D eigenvalue weighted by Crippen LogP contribution is 2.31. The highest BCUT2D eigenvalue weighted by Gasteiger charge is 2.17. The highest BCUT2D eigenvalue weighted by molar-refractivity contribution is 6.31. The molecule has 112 valence electrons. The highest BCUT2D eigenvalue weighted by atomic mass is 35.5. The lowest BCUT2D eigenvalue weighted by Gasteiger charge is -2.28. The van der Waals surface area contributed by atoms with Crippen LogP contribution >= 0.6 is 11.6 Å². The minimum Gasteiger partial charge on any atom is -0.365 e. The Bertz CT molecular complexity index is 615. The second kappa shape index (κ2) is 6.92. The van der Waals surface area contributed by atoms with Crippen molar-refractivity contribution in [2.75, 3.05) is 19.0 Å². The number of hydrogen-bond acceptors (Lipinski definition) is 2. The van der Waals surface area contributed by atoms with E-state index in [0.29, 0.717) is 17.3 Å². The van der Waals surface area contributed by atoms with E-state index in [1.807, 2.05) is 62.3 Å². The van der Waals surface area contributed by atoms with Crippen LogP contribution in [0.4, 0.5) is 10.1 Å². The third-order valence-corrected chi connectivity index (χ3v) is 4.05. The molecule has 4 heteroatoms. The molecule has 0 saturated carbocycles. The number of nitrogens with one attached hydrogen (secondary N) is 1. The minimum absolute atomic E-state index is 0.0108. The number of anilines is 1. The first-order valence-electron chi connectivity index (χ1n) is 6.95. The smallest absolute Gasteiger partial charge is 0.146 e. The number of benzene rings is 2. The molecule has 0 aliphatic heterocycles. The van der Waals surface area contributed by atoms with Gasteiger partial charge in [-0.15, -0.1) is 0 Å². The normalized spacial score (nSPS) is 12.2. The van der Waals surface area contributed by atoms with Gasteiger partial charge in [0.2, 0.25) is 0 Å². The van der Waals surface area contributed by atoms with Crippen LogP contribution in [0, 0.1) is 5.82 Å². The number of hydrogen-bond donors (Lipinski definition) is 1. The average Bonchev–Trinajstić information content (AvgIpc) is 2.47. The molecule has 0 aliphatic rings. The van der Waals surface area contributed by atoms with Crippen molar-refractivity contribution in [2.45, 2.75) is 19.5 Å². The van der Waals surface area contributed by atoms with E-state index in [1.165, 1.54) is 0 Å². The van der Waals surface area contributed by atoms with Crippen LogP contribution in [0.1, 0.15) is 24.1 Å². The molecule has 1 N–H and O–H groups in total. The Morgan fingerprint density at radius 2 is 1.95 bits per heavy atom. The molecule has 21 heavy (non-hydrogen) atoms. The zero-order valence-electron chi connectivity index (χ0n) is 12.5. The van der Waals surface area contributed by atoms with Crippen molar-refractivity contribution in [1.82, 2.24) is 5.32 Å². The monoisotopic (exact) mass is 306 g/mol. The molecular weight excluding hydrogens is 287 g/mol. The quantitative estimate of drug-likeness (QED) is 0.881. The van der Waals surface area contributed by atoms with Crippen molar-refractivity contribution in [1.29, 1.82) is 0 Å². The first-order valence-corrected chi connectivity index (χ1v) is 7.32. The topological polar surface area (TPSA) is 15.3 Å². The molecule has 0 heterocycles. The summed E-state index contributed by atoms with van der Waals surface area (Å²) in [5.74, 6) is -0.218. The van der Waals surface area contributed by atoms with Crippen molar-refractivity contribution in [3.05, 3.63) is 64.4 Å². The second-order valence-corrected chi connectivity index (χ2v) is 5.53. The van der Waals surface area contributed by atoms with E-state index in [-0.39, 0.29) is 11.9 Å². The number of nitrogens with zero attached hydrogens (tertiary/aromatic N) is 1. The Kier molecular flexibility index (Phi) is 5.21. The first-order chi connectivity index (χ1) is 10.0. The number of halogens is 2. The molecule has 1 unspecified atom stereocenters. The molecule has 0 saturated heterocycles. The van der Waals surface area contributed by atoms with Gasteiger partial charge in [-0.3, -0.25) is 0 Å². The molecule has 2 nitrogen and oxygen atoms in total. The van der Waals surface area contributed by atoms with Crippen LogP contribution in [0.3, 0.4) is 0 Å². The minimum atomic E-state index is -0.218. The second-order valence-electron chi connectivity index (χ2n) is 5.12. The standard InChI is InChI=1S/C17H20ClFN2/c1-12(14-6-4-5-7-15(14)18)21(3)17-9-8-13(11-20-2)10-16(17)19/h4-10,12,20H,11H2,1-3H3. The maximum Gasteiger partial charge on any atom is 0.146 e. The van der Waals surface area contributed by atoms with Gasteiger partial charge in [-0.1, -0.05) is 35.9 Å². The van der Waals surface area contributed by atoms with E-state index in [4.69, 9.17) is 11.6 Å². The SMILES string of the molecule is CNCc1ccc(N(C)C(C)c2ccccc2Cl)c(F)c1. The van der Waals surface area contributed by atoms with E-state index < -0.39 is 0 Å². The van der Waals surface area contributed by atoms with Gasteiger partial charge in [-0.05, 0) is 43.3 Å². The fraction of sp³-hybridized carbons (Fsp3) is 0.294. The Hall–Kier alpha value is -1.58. The lowest BCUT2D eigenvalue weighted by molar-refractivity contribution is 0.608. The summed E-state index contributed by atoms with van der Waals surface area (Å²) in [6.45, 7) is 2.67. The third kappa shape index (κ3) is 3.55. The average molecular weight is 307 g/mol. The molecule has 1 atom stereocenters. The summed E-state index contributed by atoms with van der Waals surface area (Å²) in [7, 11) is 3.72. The van der Waals surface area contributed by atoms with Crippen LogP contribution in [0.15, 0.2) is 42.5 Å². The summed E-state index contributed by atoms with van der Waals surface area (Å²) in [4.78, 5) is 1.90. The molecule has 0 spiro atoms. The van der Waals surface area contributed by atoms with Crippen LogP contribution in [0.5, 0.6) is 0 Å². The predicted octanol–water partition coefficient (Wildman–Crippen LogP) is 4.40. The summed E-state index contributed by atoms with van der Waals surface area (Å²) >= 11 is 6.23. The van der Waals surface area contributed by atoms with Crippen LogP contribution in [0.2, 0.25) is 5.02 Å². The summed E-state index contributed by atoms with van der Waals surface area (Å²) in [6, 6.07) is 13.0. The Balaban J connectivity index is 2.27. The third-order valence-electron chi connectivity index (χ3n) is 3.71. The van der Waals surface area contributed by atoms with Gasteiger partial charge in [-0.2, -0.15) is 0 Å². The molecule has 0 amide bonds. The van der Waals surface area contributed by atoms with E-state index >= 15 is 0 Å². The molecule has 0 aliphatic carbocycles. The lowest BCUT2D eigenvalue weighted by Crippen LogP contribution is -2.23. The maximum atomic E-state index is 14.3. The van der Waals surface area contributed by atoms with Crippen molar-refractivity contribution in [2.24, 2.45) is 0 Å². The molecular formula is C17H20ClFN2. The zero-order valence-corrected chi connectivity index (χ0v) is 13.3. The van der Waals surface area contributed by atoms with Gasteiger partial charge in [0.05, 0.1) is 11.7 Å². The van der Waals surface area contributed by atoms with E-state index in [2.05, 4.69) is 5.32 Å². The van der Waals surface area contributed by atoms with Gasteiger partial charge in [0, 0.05) is 18.6 Å². The van der Waals surface area contributed by atoms with Crippen LogP contribution in [-0.4, -0.2) is 14.1 Å². The van der Waals surface area contributed by atoms with Crippen LogP contribution < -0.4 is 10.2 Å². The first kappa shape index (κ1) is 15.8. The largest absolute Gasteiger partial charge is 0.365 e. The summed E-state index contributed by atoms with van der Waals surface area (Å²) < 4.78 is 14.3. The molecule has 0 aromatic heterocycles. The zero-order chi connectivity index (χ0) is 15.4. The Labute approximate surface area is 130 Å².